The van der Waals surface area contributed by atoms with Gasteiger partial charge in [0.2, 0.25) is 11.8 Å². The van der Waals surface area contributed by atoms with Gasteiger partial charge in [0.25, 0.3) is 0 Å². The molecule has 136 valence electrons. The molecular weight excluding hydrogens is 316 g/mol. The van der Waals surface area contributed by atoms with Gasteiger partial charge in [-0.1, -0.05) is 26.3 Å². The molecule has 3 rings (SSSR count). The van der Waals surface area contributed by atoms with Gasteiger partial charge in [0, 0.05) is 38.3 Å². The van der Waals surface area contributed by atoms with E-state index in [-0.39, 0.29) is 23.7 Å². The monoisotopic (exact) mass is 344 g/mol. The molecule has 1 aromatic heterocycles. The van der Waals surface area contributed by atoms with Gasteiger partial charge in [-0.3, -0.25) is 9.59 Å². The Balaban J connectivity index is 1.56. The van der Waals surface area contributed by atoms with Gasteiger partial charge in [-0.05, 0) is 30.9 Å². The van der Waals surface area contributed by atoms with E-state index in [0.717, 1.165) is 38.2 Å². The summed E-state index contributed by atoms with van der Waals surface area (Å²) in [6, 6.07) is 5.45. The lowest BCUT2D eigenvalue weighted by atomic mass is 9.84. The van der Waals surface area contributed by atoms with Crippen molar-refractivity contribution < 1.29 is 9.59 Å². The Kier molecular flexibility index (Phi) is 5.56. The molecule has 1 atom stereocenters. The van der Waals surface area contributed by atoms with E-state index in [2.05, 4.69) is 15.2 Å². The van der Waals surface area contributed by atoms with Crippen LogP contribution in [0.25, 0.3) is 0 Å². The molecule has 1 unspecified atom stereocenters. The van der Waals surface area contributed by atoms with Crippen molar-refractivity contribution >= 4 is 17.6 Å². The standard InChI is InChI=1S/C19H28N4O2/c1-14(2)17(21-18(24)15-6-5-7-15)19(25)23-12-10-22(11-13-23)16-8-3-4-9-20-16/h3-4,8-9,14-15,17H,5-7,10-13H2,1-2H3,(H,21,24). The van der Waals surface area contributed by atoms with Gasteiger partial charge in [-0.25, -0.2) is 4.98 Å². The third kappa shape index (κ3) is 4.11. The summed E-state index contributed by atoms with van der Waals surface area (Å²) in [6.45, 7) is 6.85. The smallest absolute Gasteiger partial charge is 0.245 e. The Morgan fingerprint density at radius 1 is 1.16 bits per heavy atom. The second-order valence-electron chi connectivity index (χ2n) is 7.36. The normalized spacial score (nSPS) is 19.5. The van der Waals surface area contributed by atoms with Gasteiger partial charge in [0.1, 0.15) is 11.9 Å². The van der Waals surface area contributed by atoms with Crippen LogP contribution in [0.4, 0.5) is 5.82 Å². The Morgan fingerprint density at radius 3 is 2.40 bits per heavy atom. The maximum absolute atomic E-state index is 12.9. The van der Waals surface area contributed by atoms with E-state index >= 15 is 0 Å². The van der Waals surface area contributed by atoms with Crippen molar-refractivity contribution in [3.05, 3.63) is 24.4 Å². The fourth-order valence-electron chi connectivity index (χ4n) is 3.35. The maximum atomic E-state index is 12.9. The zero-order valence-corrected chi connectivity index (χ0v) is 15.1. The Hall–Kier alpha value is -2.11. The van der Waals surface area contributed by atoms with Crippen LogP contribution in [0.1, 0.15) is 33.1 Å². The van der Waals surface area contributed by atoms with E-state index in [9.17, 15) is 9.59 Å². The van der Waals surface area contributed by atoms with Gasteiger partial charge >= 0.3 is 0 Å². The van der Waals surface area contributed by atoms with Gasteiger partial charge in [0.15, 0.2) is 0 Å². The molecule has 0 aromatic carbocycles. The van der Waals surface area contributed by atoms with Crippen molar-refractivity contribution in [3.8, 4) is 0 Å². The number of carbonyl (C=O) groups excluding carboxylic acids is 2. The first-order valence-electron chi connectivity index (χ1n) is 9.31. The average Bonchev–Trinajstić information content (AvgIpc) is 2.58. The largest absolute Gasteiger partial charge is 0.353 e. The van der Waals surface area contributed by atoms with Crippen molar-refractivity contribution in [1.82, 2.24) is 15.2 Å². The predicted molar refractivity (Wildman–Crippen MR) is 97.1 cm³/mol. The first-order valence-corrected chi connectivity index (χ1v) is 9.31. The first kappa shape index (κ1) is 17.7. The number of nitrogens with zero attached hydrogens (tertiary/aromatic N) is 3. The molecule has 0 radical (unpaired) electrons. The molecule has 1 aromatic rings. The molecule has 2 heterocycles. The topological polar surface area (TPSA) is 65.5 Å². The molecule has 1 aliphatic heterocycles. The van der Waals surface area contributed by atoms with Gasteiger partial charge in [-0.2, -0.15) is 0 Å². The quantitative estimate of drug-likeness (QED) is 0.882. The predicted octanol–water partition coefficient (Wildman–Crippen LogP) is 1.67. The number of amides is 2. The summed E-state index contributed by atoms with van der Waals surface area (Å²) in [5, 5.41) is 3.00. The molecule has 1 saturated carbocycles. The van der Waals surface area contributed by atoms with Crippen molar-refractivity contribution in [2.45, 2.75) is 39.2 Å². The van der Waals surface area contributed by atoms with E-state index in [1.54, 1.807) is 6.20 Å². The number of nitrogens with one attached hydrogen (secondary N) is 1. The minimum atomic E-state index is -0.422. The molecule has 6 nitrogen and oxygen atoms in total. The molecule has 2 fully saturated rings. The Bertz CT molecular complexity index is 593. The third-order valence-corrected chi connectivity index (χ3v) is 5.27. The Morgan fingerprint density at radius 2 is 1.88 bits per heavy atom. The summed E-state index contributed by atoms with van der Waals surface area (Å²) >= 11 is 0. The van der Waals surface area contributed by atoms with Gasteiger partial charge in [-0.15, -0.1) is 0 Å². The highest BCUT2D eigenvalue weighted by Gasteiger charge is 2.33. The first-order chi connectivity index (χ1) is 12.1. The average molecular weight is 344 g/mol. The zero-order chi connectivity index (χ0) is 17.8. The number of pyridine rings is 1. The van der Waals surface area contributed by atoms with Crippen LogP contribution in [0.5, 0.6) is 0 Å². The highest BCUT2D eigenvalue weighted by atomic mass is 16.2. The molecule has 0 bridgehead atoms. The molecule has 1 saturated heterocycles. The second kappa shape index (κ2) is 7.85. The van der Waals surface area contributed by atoms with E-state index < -0.39 is 6.04 Å². The molecule has 25 heavy (non-hydrogen) atoms. The van der Waals surface area contributed by atoms with Gasteiger partial charge < -0.3 is 15.1 Å². The summed E-state index contributed by atoms with van der Waals surface area (Å²) in [5.74, 6) is 1.24. The number of aromatic nitrogens is 1. The molecule has 2 aliphatic rings. The van der Waals surface area contributed by atoms with E-state index in [4.69, 9.17) is 0 Å². The summed E-state index contributed by atoms with van der Waals surface area (Å²) in [6.07, 6.45) is 4.81. The van der Waals surface area contributed by atoms with Crippen molar-refractivity contribution in [3.63, 3.8) is 0 Å². The van der Waals surface area contributed by atoms with E-state index in [0.29, 0.717) is 13.1 Å². The fourth-order valence-corrected chi connectivity index (χ4v) is 3.35. The summed E-state index contributed by atoms with van der Waals surface area (Å²) in [4.78, 5) is 33.6. The minimum Gasteiger partial charge on any atom is -0.353 e. The minimum absolute atomic E-state index is 0.0448. The number of hydrogen-bond acceptors (Lipinski definition) is 4. The summed E-state index contributed by atoms with van der Waals surface area (Å²) in [5.41, 5.74) is 0. The number of piperazine rings is 1. The summed E-state index contributed by atoms with van der Waals surface area (Å²) in [7, 11) is 0. The second-order valence-corrected chi connectivity index (χ2v) is 7.36. The fraction of sp³-hybridized carbons (Fsp3) is 0.632. The maximum Gasteiger partial charge on any atom is 0.245 e. The SMILES string of the molecule is CC(C)C(NC(=O)C1CCC1)C(=O)N1CCN(c2ccccn2)CC1. The van der Waals surface area contributed by atoms with Crippen LogP contribution in [-0.2, 0) is 9.59 Å². The van der Waals surface area contributed by atoms with Gasteiger partial charge in [0.05, 0.1) is 0 Å². The lowest BCUT2D eigenvalue weighted by Gasteiger charge is -2.38. The van der Waals surface area contributed by atoms with Crippen LogP contribution < -0.4 is 10.2 Å². The van der Waals surface area contributed by atoms with E-state index in [1.165, 1.54) is 0 Å². The van der Waals surface area contributed by atoms with Crippen LogP contribution in [0.2, 0.25) is 0 Å². The van der Waals surface area contributed by atoms with Crippen LogP contribution in [0.15, 0.2) is 24.4 Å². The van der Waals surface area contributed by atoms with Crippen molar-refractivity contribution in [2.75, 3.05) is 31.1 Å². The van der Waals surface area contributed by atoms with E-state index in [1.807, 2.05) is 36.9 Å². The number of hydrogen-bond donors (Lipinski definition) is 1. The molecule has 1 N–H and O–H groups in total. The van der Waals surface area contributed by atoms with Crippen molar-refractivity contribution in [1.29, 1.82) is 0 Å². The molecule has 2 amide bonds. The summed E-state index contributed by atoms with van der Waals surface area (Å²) < 4.78 is 0. The molecule has 0 spiro atoms. The van der Waals surface area contributed by atoms with Crippen molar-refractivity contribution in [2.24, 2.45) is 11.8 Å². The molecular formula is C19H28N4O2. The lowest BCUT2D eigenvalue weighted by Crippen LogP contribution is -2.57. The Labute approximate surface area is 149 Å². The number of carbonyl (C=O) groups is 2. The number of anilines is 1. The van der Waals surface area contributed by atoms with Crippen LogP contribution in [-0.4, -0.2) is 53.9 Å². The lowest BCUT2D eigenvalue weighted by molar-refractivity contribution is -0.139. The highest BCUT2D eigenvalue weighted by molar-refractivity contribution is 5.89. The third-order valence-electron chi connectivity index (χ3n) is 5.27. The van der Waals surface area contributed by atoms with Crippen LogP contribution in [0, 0.1) is 11.8 Å². The zero-order valence-electron chi connectivity index (χ0n) is 15.1. The van der Waals surface area contributed by atoms with Crippen LogP contribution in [0.3, 0.4) is 0 Å². The number of rotatable bonds is 5. The van der Waals surface area contributed by atoms with Crippen LogP contribution >= 0.6 is 0 Å². The molecule has 6 heteroatoms. The molecule has 1 aliphatic carbocycles. The highest BCUT2D eigenvalue weighted by Crippen LogP contribution is 2.26.